The van der Waals surface area contributed by atoms with Crippen LogP contribution in [0, 0.1) is 0 Å². The molecule has 94 valence electrons. The highest BCUT2D eigenvalue weighted by molar-refractivity contribution is 5.86. The Morgan fingerprint density at radius 2 is 2.00 bits per heavy atom. The lowest BCUT2D eigenvalue weighted by atomic mass is 9.81. The maximum atomic E-state index is 12.1. The molecule has 1 fully saturated rings. The van der Waals surface area contributed by atoms with E-state index in [9.17, 15) is 4.79 Å². The summed E-state index contributed by atoms with van der Waals surface area (Å²) in [6.07, 6.45) is 8.49. The maximum Gasteiger partial charge on any atom is 0.240 e. The molecule has 0 aromatic heterocycles. The molecule has 0 aromatic rings. The van der Waals surface area contributed by atoms with Crippen molar-refractivity contribution in [1.29, 1.82) is 0 Å². The lowest BCUT2D eigenvalue weighted by molar-refractivity contribution is -0.128. The van der Waals surface area contributed by atoms with Gasteiger partial charge in [-0.3, -0.25) is 4.79 Å². The SMILES string of the molecule is CCCCC(C)NC(=O)C1(N)CCCCC1. The molecule has 3 N–H and O–H groups in total. The smallest absolute Gasteiger partial charge is 0.240 e. The molecule has 1 unspecified atom stereocenters. The van der Waals surface area contributed by atoms with Gasteiger partial charge >= 0.3 is 0 Å². The van der Waals surface area contributed by atoms with Crippen LogP contribution in [0.1, 0.15) is 65.2 Å². The largest absolute Gasteiger partial charge is 0.352 e. The second kappa shape index (κ2) is 6.24. The molecule has 0 aromatic carbocycles. The van der Waals surface area contributed by atoms with Crippen LogP contribution in [-0.2, 0) is 4.79 Å². The van der Waals surface area contributed by atoms with E-state index < -0.39 is 5.54 Å². The van der Waals surface area contributed by atoms with E-state index in [2.05, 4.69) is 19.2 Å². The van der Waals surface area contributed by atoms with Gasteiger partial charge in [0.1, 0.15) is 0 Å². The fourth-order valence-electron chi connectivity index (χ4n) is 2.36. The third-order valence-corrected chi connectivity index (χ3v) is 3.57. The Bertz CT molecular complexity index is 222. The van der Waals surface area contributed by atoms with Crippen molar-refractivity contribution in [3.63, 3.8) is 0 Å². The number of amides is 1. The number of nitrogens with two attached hydrogens (primary N) is 1. The molecule has 1 amide bonds. The van der Waals surface area contributed by atoms with Gasteiger partial charge in [0, 0.05) is 6.04 Å². The summed E-state index contributed by atoms with van der Waals surface area (Å²) in [4.78, 5) is 12.1. The fraction of sp³-hybridized carbons (Fsp3) is 0.923. The first-order chi connectivity index (χ1) is 7.58. The van der Waals surface area contributed by atoms with Crippen LogP contribution in [0.25, 0.3) is 0 Å². The molecule has 0 heterocycles. The average molecular weight is 226 g/mol. The Kier molecular flexibility index (Phi) is 5.26. The third kappa shape index (κ3) is 3.78. The van der Waals surface area contributed by atoms with E-state index in [4.69, 9.17) is 5.73 Å². The highest BCUT2D eigenvalue weighted by Gasteiger charge is 2.35. The van der Waals surface area contributed by atoms with Crippen molar-refractivity contribution in [1.82, 2.24) is 5.32 Å². The lowest BCUT2D eigenvalue weighted by Gasteiger charge is -2.33. The van der Waals surface area contributed by atoms with E-state index in [0.29, 0.717) is 0 Å². The minimum absolute atomic E-state index is 0.0656. The molecular formula is C13H26N2O. The van der Waals surface area contributed by atoms with Gasteiger partial charge in [0.2, 0.25) is 5.91 Å². The normalized spacial score (nSPS) is 21.4. The number of carbonyl (C=O) groups excluding carboxylic acids is 1. The Morgan fingerprint density at radius 1 is 1.38 bits per heavy atom. The molecule has 1 aliphatic rings. The summed E-state index contributed by atoms with van der Waals surface area (Å²) < 4.78 is 0. The van der Waals surface area contributed by atoms with Crippen molar-refractivity contribution in [2.24, 2.45) is 5.73 Å². The van der Waals surface area contributed by atoms with Gasteiger partial charge in [-0.25, -0.2) is 0 Å². The Hall–Kier alpha value is -0.570. The van der Waals surface area contributed by atoms with Crippen molar-refractivity contribution in [2.75, 3.05) is 0 Å². The van der Waals surface area contributed by atoms with Gasteiger partial charge in [-0.15, -0.1) is 0 Å². The predicted molar refractivity (Wildman–Crippen MR) is 67.1 cm³/mol. The maximum absolute atomic E-state index is 12.1. The molecule has 0 spiro atoms. The van der Waals surface area contributed by atoms with Crippen LogP contribution in [0.3, 0.4) is 0 Å². The lowest BCUT2D eigenvalue weighted by Crippen LogP contribution is -2.56. The molecule has 1 saturated carbocycles. The zero-order valence-corrected chi connectivity index (χ0v) is 10.7. The van der Waals surface area contributed by atoms with E-state index in [0.717, 1.165) is 32.1 Å². The second-order valence-corrected chi connectivity index (χ2v) is 5.23. The first kappa shape index (κ1) is 13.5. The zero-order valence-electron chi connectivity index (χ0n) is 10.7. The summed E-state index contributed by atoms with van der Waals surface area (Å²) in [5.41, 5.74) is 5.58. The van der Waals surface area contributed by atoms with Gasteiger partial charge in [0.15, 0.2) is 0 Å². The minimum atomic E-state index is -0.585. The van der Waals surface area contributed by atoms with Crippen molar-refractivity contribution in [3.05, 3.63) is 0 Å². The predicted octanol–water partition coefficient (Wildman–Crippen LogP) is 2.34. The van der Waals surface area contributed by atoms with Crippen LogP contribution in [0.15, 0.2) is 0 Å². The Balaban J connectivity index is 2.38. The summed E-state index contributed by atoms with van der Waals surface area (Å²) in [6, 6.07) is 0.259. The van der Waals surface area contributed by atoms with Crippen molar-refractivity contribution in [2.45, 2.75) is 76.8 Å². The van der Waals surface area contributed by atoms with E-state index in [1.54, 1.807) is 0 Å². The highest BCUT2D eigenvalue weighted by Crippen LogP contribution is 2.26. The first-order valence-corrected chi connectivity index (χ1v) is 6.68. The monoisotopic (exact) mass is 226 g/mol. The number of carbonyl (C=O) groups is 1. The first-order valence-electron chi connectivity index (χ1n) is 6.68. The van der Waals surface area contributed by atoms with Crippen LogP contribution in [0.4, 0.5) is 0 Å². The Morgan fingerprint density at radius 3 is 2.56 bits per heavy atom. The summed E-state index contributed by atoms with van der Waals surface area (Å²) in [6.45, 7) is 4.24. The summed E-state index contributed by atoms with van der Waals surface area (Å²) in [5, 5.41) is 3.06. The second-order valence-electron chi connectivity index (χ2n) is 5.23. The number of hydrogen-bond acceptors (Lipinski definition) is 2. The molecule has 3 heteroatoms. The summed E-state index contributed by atoms with van der Waals surface area (Å²) in [7, 11) is 0. The van der Waals surface area contributed by atoms with Crippen LogP contribution in [0.5, 0.6) is 0 Å². The molecule has 3 nitrogen and oxygen atoms in total. The zero-order chi connectivity index (χ0) is 12.0. The van der Waals surface area contributed by atoms with Crippen LogP contribution < -0.4 is 11.1 Å². The Labute approximate surface area is 99.2 Å². The number of nitrogens with one attached hydrogen (secondary N) is 1. The van der Waals surface area contributed by atoms with E-state index in [1.807, 2.05) is 0 Å². The number of unbranched alkanes of at least 4 members (excludes halogenated alkanes) is 1. The molecule has 0 saturated heterocycles. The third-order valence-electron chi connectivity index (χ3n) is 3.57. The molecule has 1 aliphatic carbocycles. The number of hydrogen-bond donors (Lipinski definition) is 2. The van der Waals surface area contributed by atoms with Gasteiger partial charge in [0.25, 0.3) is 0 Å². The number of rotatable bonds is 5. The van der Waals surface area contributed by atoms with E-state index in [-0.39, 0.29) is 11.9 Å². The van der Waals surface area contributed by atoms with Gasteiger partial charge in [-0.1, -0.05) is 39.0 Å². The fourth-order valence-corrected chi connectivity index (χ4v) is 2.36. The molecule has 0 bridgehead atoms. The van der Waals surface area contributed by atoms with Crippen LogP contribution in [-0.4, -0.2) is 17.5 Å². The molecule has 0 radical (unpaired) electrons. The van der Waals surface area contributed by atoms with Gasteiger partial charge < -0.3 is 11.1 Å². The van der Waals surface area contributed by atoms with Gasteiger partial charge in [-0.05, 0) is 26.2 Å². The molecule has 16 heavy (non-hydrogen) atoms. The quantitative estimate of drug-likeness (QED) is 0.756. The van der Waals surface area contributed by atoms with E-state index in [1.165, 1.54) is 19.3 Å². The van der Waals surface area contributed by atoms with Gasteiger partial charge in [0.05, 0.1) is 5.54 Å². The molecule has 0 aliphatic heterocycles. The van der Waals surface area contributed by atoms with Crippen molar-refractivity contribution >= 4 is 5.91 Å². The van der Waals surface area contributed by atoms with Crippen molar-refractivity contribution in [3.8, 4) is 0 Å². The van der Waals surface area contributed by atoms with Gasteiger partial charge in [-0.2, -0.15) is 0 Å². The topological polar surface area (TPSA) is 55.1 Å². The van der Waals surface area contributed by atoms with Crippen LogP contribution in [0.2, 0.25) is 0 Å². The minimum Gasteiger partial charge on any atom is -0.352 e. The molecular weight excluding hydrogens is 200 g/mol. The summed E-state index contributed by atoms with van der Waals surface area (Å²) >= 11 is 0. The highest BCUT2D eigenvalue weighted by atomic mass is 16.2. The molecule has 1 rings (SSSR count). The summed E-state index contributed by atoms with van der Waals surface area (Å²) in [5.74, 6) is 0.0656. The van der Waals surface area contributed by atoms with E-state index >= 15 is 0 Å². The van der Waals surface area contributed by atoms with Crippen LogP contribution >= 0.6 is 0 Å². The van der Waals surface area contributed by atoms with Crippen molar-refractivity contribution < 1.29 is 4.79 Å². The molecule has 1 atom stereocenters. The standard InChI is InChI=1S/C13H26N2O/c1-3-4-8-11(2)15-12(16)13(14)9-6-5-7-10-13/h11H,3-10,14H2,1-2H3,(H,15,16). The average Bonchev–Trinajstić information content (AvgIpc) is 2.27.